The van der Waals surface area contributed by atoms with Gasteiger partial charge in [0, 0.05) is 26.8 Å². The highest BCUT2D eigenvalue weighted by Crippen LogP contribution is 2.47. The van der Waals surface area contributed by atoms with Gasteiger partial charge in [-0.3, -0.25) is 0 Å². The second kappa shape index (κ2) is 10.6. The molecule has 0 aliphatic carbocycles. The van der Waals surface area contributed by atoms with Crippen molar-refractivity contribution in [3.63, 3.8) is 0 Å². The molecule has 1 heterocycles. The molecule has 1 aromatic heterocycles. The van der Waals surface area contributed by atoms with Crippen LogP contribution in [0.1, 0.15) is 0 Å². The number of thiol groups is 1. The summed E-state index contributed by atoms with van der Waals surface area (Å²) < 4.78 is 6.82. The zero-order valence-corrected chi connectivity index (χ0v) is 26.8. The number of benzene rings is 9. The molecular weight excluding hydrogens is 601 g/mol. The van der Waals surface area contributed by atoms with Crippen LogP contribution in [0.2, 0.25) is 0 Å². The summed E-state index contributed by atoms with van der Waals surface area (Å²) in [5.41, 5.74) is 8.97. The second-order valence-electron chi connectivity index (χ2n) is 12.5. The maximum Gasteiger partial charge on any atom is 0.143 e. The molecule has 0 unspecified atom stereocenters. The van der Waals surface area contributed by atoms with E-state index in [4.69, 9.17) is 17.0 Å². The Balaban J connectivity index is 1.27. The third-order valence-corrected chi connectivity index (χ3v) is 10.4. The normalized spacial score (nSPS) is 11.9. The molecule has 0 atom stereocenters. The molecule has 0 aliphatic heterocycles. The van der Waals surface area contributed by atoms with Gasteiger partial charge in [-0.25, -0.2) is 0 Å². The molecule has 224 valence electrons. The zero-order chi connectivity index (χ0) is 31.8. The van der Waals surface area contributed by atoms with E-state index in [2.05, 4.69) is 164 Å². The smallest absolute Gasteiger partial charge is 0.143 e. The van der Waals surface area contributed by atoms with Crippen molar-refractivity contribution in [1.82, 2.24) is 0 Å². The third kappa shape index (κ3) is 3.93. The highest BCUT2D eigenvalue weighted by atomic mass is 32.1. The fourth-order valence-corrected chi connectivity index (χ4v) is 8.29. The van der Waals surface area contributed by atoms with Crippen LogP contribution < -0.4 is 0 Å². The third-order valence-electron chi connectivity index (χ3n) is 9.95. The first-order valence-electron chi connectivity index (χ1n) is 16.3. The first-order valence-corrected chi connectivity index (χ1v) is 16.8. The molecule has 9 aromatic carbocycles. The first kappa shape index (κ1) is 27.3. The van der Waals surface area contributed by atoms with Gasteiger partial charge < -0.3 is 4.42 Å². The lowest BCUT2D eigenvalue weighted by Crippen LogP contribution is -1.90. The predicted molar refractivity (Wildman–Crippen MR) is 207 cm³/mol. The van der Waals surface area contributed by atoms with Gasteiger partial charge in [0.05, 0.1) is 0 Å². The molecule has 10 aromatic rings. The highest BCUT2D eigenvalue weighted by Gasteiger charge is 2.21. The Morgan fingerprint density at radius 2 is 0.792 bits per heavy atom. The van der Waals surface area contributed by atoms with Gasteiger partial charge in [0.2, 0.25) is 0 Å². The largest absolute Gasteiger partial charge is 0.455 e. The minimum Gasteiger partial charge on any atom is -0.455 e. The quantitative estimate of drug-likeness (QED) is 0.152. The standard InChI is InChI=1S/C46H28OS/c48-46-37-21-10-8-19-34(37)43(35-20-9-11-22-38(35)46)29-25-26-41-40(27-29)36-23-12-24-39(45(36)47-41)44-32-17-6-4-15-30(32)42(28-13-2-1-3-14-28)31-16-5-7-18-33(31)44/h1-27,48H. The fourth-order valence-electron chi connectivity index (χ4n) is 7.90. The van der Waals surface area contributed by atoms with Crippen molar-refractivity contribution in [1.29, 1.82) is 0 Å². The fraction of sp³-hybridized carbons (Fsp3) is 0. The maximum absolute atomic E-state index is 6.82. The van der Waals surface area contributed by atoms with Crippen molar-refractivity contribution in [2.75, 3.05) is 0 Å². The number of hydrogen-bond acceptors (Lipinski definition) is 2. The number of hydrogen-bond donors (Lipinski definition) is 1. The number of para-hydroxylation sites is 1. The monoisotopic (exact) mass is 628 g/mol. The van der Waals surface area contributed by atoms with Crippen molar-refractivity contribution >= 4 is 77.7 Å². The minimum atomic E-state index is 0.884. The molecule has 0 radical (unpaired) electrons. The molecule has 2 heteroatoms. The van der Waals surface area contributed by atoms with Gasteiger partial charge in [0.15, 0.2) is 0 Å². The van der Waals surface area contributed by atoms with Gasteiger partial charge in [0.25, 0.3) is 0 Å². The molecule has 10 rings (SSSR count). The summed E-state index contributed by atoms with van der Waals surface area (Å²) in [5.74, 6) is 0. The molecule has 0 N–H and O–H groups in total. The zero-order valence-electron chi connectivity index (χ0n) is 25.9. The van der Waals surface area contributed by atoms with Crippen molar-refractivity contribution in [3.05, 3.63) is 164 Å². The highest BCUT2D eigenvalue weighted by molar-refractivity contribution is 7.80. The lowest BCUT2D eigenvalue weighted by Gasteiger charge is -2.17. The van der Waals surface area contributed by atoms with Gasteiger partial charge >= 0.3 is 0 Å². The van der Waals surface area contributed by atoms with Crippen molar-refractivity contribution in [2.45, 2.75) is 4.90 Å². The molecule has 0 bridgehead atoms. The van der Waals surface area contributed by atoms with Crippen LogP contribution in [-0.2, 0) is 0 Å². The first-order chi connectivity index (χ1) is 23.8. The molecular formula is C46H28OS. The summed E-state index contributed by atoms with van der Waals surface area (Å²) in [6, 6.07) is 58.7. The second-order valence-corrected chi connectivity index (χ2v) is 13.0. The Bertz CT molecular complexity index is 2780. The van der Waals surface area contributed by atoms with E-state index < -0.39 is 0 Å². The van der Waals surface area contributed by atoms with Crippen molar-refractivity contribution in [3.8, 4) is 33.4 Å². The topological polar surface area (TPSA) is 13.1 Å². The average molecular weight is 629 g/mol. The maximum atomic E-state index is 6.82. The molecule has 48 heavy (non-hydrogen) atoms. The molecule has 0 spiro atoms. The minimum absolute atomic E-state index is 0.884. The van der Waals surface area contributed by atoms with E-state index in [1.807, 2.05) is 0 Å². The van der Waals surface area contributed by atoms with Crippen molar-refractivity contribution in [2.24, 2.45) is 0 Å². The van der Waals surface area contributed by atoms with E-state index in [0.717, 1.165) is 43.2 Å². The number of fused-ring (bicyclic) bond motifs is 7. The number of rotatable bonds is 3. The van der Waals surface area contributed by atoms with Crippen LogP contribution in [0.3, 0.4) is 0 Å². The van der Waals surface area contributed by atoms with Crippen LogP contribution in [0.25, 0.3) is 98.4 Å². The predicted octanol–water partition coefficient (Wildman–Crippen LogP) is 13.5. The van der Waals surface area contributed by atoms with Gasteiger partial charge in [-0.1, -0.05) is 152 Å². The number of furan rings is 1. The Morgan fingerprint density at radius 1 is 0.333 bits per heavy atom. The summed E-state index contributed by atoms with van der Waals surface area (Å²) in [6.45, 7) is 0. The Labute approximate surface area is 283 Å². The van der Waals surface area contributed by atoms with Crippen LogP contribution in [0.4, 0.5) is 0 Å². The van der Waals surface area contributed by atoms with Crippen LogP contribution in [0.15, 0.2) is 173 Å². The van der Waals surface area contributed by atoms with E-state index >= 15 is 0 Å². The van der Waals surface area contributed by atoms with E-state index in [9.17, 15) is 0 Å². The molecule has 1 nitrogen and oxygen atoms in total. The Morgan fingerprint density at radius 3 is 1.38 bits per heavy atom. The van der Waals surface area contributed by atoms with Gasteiger partial charge in [-0.05, 0) is 77.5 Å². The Hall–Kier alpha value is -5.83. The van der Waals surface area contributed by atoms with Crippen molar-refractivity contribution < 1.29 is 4.42 Å². The SMILES string of the molecule is Sc1c2ccccc2c(-c2ccc3oc4c(-c5c6ccccc6c(-c6ccccc6)c6ccccc56)cccc4c3c2)c2ccccc12. The average Bonchev–Trinajstić information content (AvgIpc) is 3.53. The van der Waals surface area contributed by atoms with E-state index in [-0.39, 0.29) is 0 Å². The lowest BCUT2D eigenvalue weighted by molar-refractivity contribution is 0.670. The molecule has 0 aliphatic rings. The molecule has 0 amide bonds. The van der Waals surface area contributed by atoms with Gasteiger partial charge in [0.1, 0.15) is 11.2 Å². The summed E-state index contributed by atoms with van der Waals surface area (Å²) in [7, 11) is 0. The lowest BCUT2D eigenvalue weighted by atomic mass is 9.85. The molecule has 0 fully saturated rings. The van der Waals surface area contributed by atoms with Crippen LogP contribution in [0, 0.1) is 0 Å². The Kier molecular flexibility index (Phi) is 6.03. The summed E-state index contributed by atoms with van der Waals surface area (Å²) in [4.78, 5) is 1.02. The van der Waals surface area contributed by atoms with Crippen LogP contribution >= 0.6 is 12.6 Å². The van der Waals surface area contributed by atoms with Gasteiger partial charge in [-0.15, -0.1) is 12.6 Å². The van der Waals surface area contributed by atoms with Crippen LogP contribution in [-0.4, -0.2) is 0 Å². The summed E-state index contributed by atoms with van der Waals surface area (Å²) in [6.07, 6.45) is 0. The van der Waals surface area contributed by atoms with E-state index in [1.54, 1.807) is 0 Å². The molecule has 0 saturated heterocycles. The van der Waals surface area contributed by atoms with E-state index in [1.165, 1.54) is 60.1 Å². The van der Waals surface area contributed by atoms with Gasteiger partial charge in [-0.2, -0.15) is 0 Å². The van der Waals surface area contributed by atoms with E-state index in [0.29, 0.717) is 0 Å². The van der Waals surface area contributed by atoms with Crippen LogP contribution in [0.5, 0.6) is 0 Å². The summed E-state index contributed by atoms with van der Waals surface area (Å²) in [5, 5.41) is 11.8. The summed E-state index contributed by atoms with van der Waals surface area (Å²) >= 11 is 4.98. The molecule has 0 saturated carbocycles.